The van der Waals surface area contributed by atoms with Crippen molar-refractivity contribution < 1.29 is 5.11 Å². The van der Waals surface area contributed by atoms with Crippen LogP contribution in [0.4, 0.5) is 0 Å². The first-order valence-electron chi connectivity index (χ1n) is 3.97. The van der Waals surface area contributed by atoms with Gasteiger partial charge < -0.3 is 5.11 Å². The molecule has 0 bridgehead atoms. The fraction of sp³-hybridized carbons (Fsp3) is 0.444. The zero-order valence-corrected chi connectivity index (χ0v) is 7.75. The Morgan fingerprint density at radius 1 is 1.58 bits per heavy atom. The molecule has 0 amide bonds. The van der Waals surface area contributed by atoms with Crippen molar-refractivity contribution in [2.24, 2.45) is 0 Å². The Hall–Kier alpha value is -0.600. The molecule has 12 heavy (non-hydrogen) atoms. The Balaban J connectivity index is 2.48. The quantitative estimate of drug-likeness (QED) is 0.782. The molecule has 0 fully saturated rings. The molecule has 1 aromatic rings. The van der Waals surface area contributed by atoms with E-state index in [1.165, 1.54) is 0 Å². The highest BCUT2D eigenvalue weighted by molar-refractivity contribution is 6.30. The summed E-state index contributed by atoms with van der Waals surface area (Å²) in [6.07, 6.45) is 2.91. The maximum absolute atomic E-state index is 9.01. The first-order valence-corrected chi connectivity index (χ1v) is 4.35. The lowest BCUT2D eigenvalue weighted by Gasteiger charge is -2.02. The number of rotatable bonds is 3. The summed E-state index contributed by atoms with van der Waals surface area (Å²) in [6, 6.07) is 3.69. The van der Waals surface area contributed by atoms with E-state index < -0.39 is 0 Å². The summed E-state index contributed by atoms with van der Waals surface area (Å²) in [5.41, 5.74) is 0.973. The Kier molecular flexibility index (Phi) is 3.50. The van der Waals surface area contributed by atoms with E-state index in [2.05, 4.69) is 4.98 Å². The van der Waals surface area contributed by atoms with Gasteiger partial charge in [-0.1, -0.05) is 11.6 Å². The van der Waals surface area contributed by atoms with Gasteiger partial charge in [0, 0.05) is 11.9 Å². The van der Waals surface area contributed by atoms with Crippen LogP contribution in [0.3, 0.4) is 0 Å². The van der Waals surface area contributed by atoms with Crippen LogP contribution in [0, 0.1) is 0 Å². The van der Waals surface area contributed by atoms with E-state index in [1.807, 2.05) is 12.1 Å². The van der Waals surface area contributed by atoms with Crippen molar-refractivity contribution in [2.45, 2.75) is 25.9 Å². The fourth-order valence-electron chi connectivity index (χ4n) is 0.911. The highest BCUT2D eigenvalue weighted by atomic mass is 35.5. The lowest BCUT2D eigenvalue weighted by molar-refractivity contribution is 0.184. The average molecular weight is 186 g/mol. The molecule has 0 saturated carbocycles. The fourth-order valence-corrected chi connectivity index (χ4v) is 1.02. The van der Waals surface area contributed by atoms with Crippen molar-refractivity contribution in [3.63, 3.8) is 0 Å². The number of hydrogen-bond acceptors (Lipinski definition) is 2. The number of aromatic nitrogens is 1. The van der Waals surface area contributed by atoms with Gasteiger partial charge in [0.2, 0.25) is 0 Å². The van der Waals surface area contributed by atoms with Gasteiger partial charge in [0.1, 0.15) is 0 Å². The van der Waals surface area contributed by atoms with E-state index in [0.29, 0.717) is 5.02 Å². The monoisotopic (exact) mass is 185 g/mol. The molecule has 3 heteroatoms. The molecular weight excluding hydrogens is 174 g/mol. The lowest BCUT2D eigenvalue weighted by atomic mass is 10.1. The lowest BCUT2D eigenvalue weighted by Crippen LogP contribution is -2.02. The molecule has 1 unspecified atom stereocenters. The summed E-state index contributed by atoms with van der Waals surface area (Å²) >= 11 is 5.66. The number of halogens is 1. The predicted octanol–water partition coefficient (Wildman–Crippen LogP) is 2.05. The standard InChI is InChI=1S/C9H12ClNO/c1-7(12)2-4-9-5-3-8(10)6-11-9/h3,5-7,12H,2,4H2,1H3. The highest BCUT2D eigenvalue weighted by Gasteiger charge is 1.98. The molecule has 0 aliphatic heterocycles. The number of nitrogens with zero attached hydrogens (tertiary/aromatic N) is 1. The Labute approximate surface area is 77.2 Å². The molecule has 0 spiro atoms. The minimum atomic E-state index is -0.262. The van der Waals surface area contributed by atoms with Crippen molar-refractivity contribution >= 4 is 11.6 Å². The molecule has 0 aromatic carbocycles. The van der Waals surface area contributed by atoms with Gasteiger partial charge in [0.05, 0.1) is 11.1 Å². The van der Waals surface area contributed by atoms with E-state index in [1.54, 1.807) is 13.1 Å². The molecule has 66 valence electrons. The van der Waals surface area contributed by atoms with Crippen LogP contribution in [0.5, 0.6) is 0 Å². The summed E-state index contributed by atoms with van der Waals surface area (Å²) in [5.74, 6) is 0. The van der Waals surface area contributed by atoms with Crippen LogP contribution in [0.15, 0.2) is 18.3 Å². The van der Waals surface area contributed by atoms with Gasteiger partial charge in [-0.2, -0.15) is 0 Å². The predicted molar refractivity (Wildman–Crippen MR) is 49.2 cm³/mol. The molecule has 0 saturated heterocycles. The van der Waals surface area contributed by atoms with Gasteiger partial charge in [-0.3, -0.25) is 4.98 Å². The third-order valence-corrected chi connectivity index (χ3v) is 1.83. The van der Waals surface area contributed by atoms with Crippen LogP contribution in [-0.4, -0.2) is 16.2 Å². The van der Waals surface area contributed by atoms with Crippen LogP contribution in [0.2, 0.25) is 5.02 Å². The van der Waals surface area contributed by atoms with E-state index in [-0.39, 0.29) is 6.10 Å². The van der Waals surface area contributed by atoms with Crippen LogP contribution in [0.25, 0.3) is 0 Å². The maximum atomic E-state index is 9.01. The zero-order valence-electron chi connectivity index (χ0n) is 7.00. The van der Waals surface area contributed by atoms with Gasteiger partial charge >= 0.3 is 0 Å². The topological polar surface area (TPSA) is 33.1 Å². The van der Waals surface area contributed by atoms with E-state index in [0.717, 1.165) is 18.5 Å². The molecular formula is C9H12ClNO. The summed E-state index contributed by atoms with van der Waals surface area (Å²) in [6.45, 7) is 1.77. The van der Waals surface area contributed by atoms with Crippen LogP contribution < -0.4 is 0 Å². The van der Waals surface area contributed by atoms with Crippen LogP contribution in [0.1, 0.15) is 19.0 Å². The number of aryl methyl sites for hydroxylation is 1. The van der Waals surface area contributed by atoms with Crippen molar-refractivity contribution in [3.8, 4) is 0 Å². The third kappa shape index (κ3) is 3.20. The number of pyridine rings is 1. The summed E-state index contributed by atoms with van der Waals surface area (Å²) in [5, 5.41) is 9.66. The number of aliphatic hydroxyl groups excluding tert-OH is 1. The summed E-state index contributed by atoms with van der Waals surface area (Å²) in [4.78, 5) is 4.11. The van der Waals surface area contributed by atoms with E-state index in [4.69, 9.17) is 16.7 Å². The minimum absolute atomic E-state index is 0.262. The average Bonchev–Trinajstić information content (AvgIpc) is 2.03. The molecule has 0 radical (unpaired) electrons. The van der Waals surface area contributed by atoms with Gasteiger partial charge in [0.15, 0.2) is 0 Å². The Morgan fingerprint density at radius 2 is 2.33 bits per heavy atom. The third-order valence-electron chi connectivity index (χ3n) is 1.61. The first kappa shape index (κ1) is 9.49. The van der Waals surface area contributed by atoms with Crippen molar-refractivity contribution in [3.05, 3.63) is 29.0 Å². The molecule has 1 aromatic heterocycles. The molecule has 2 nitrogen and oxygen atoms in total. The summed E-state index contributed by atoms with van der Waals surface area (Å²) in [7, 11) is 0. The van der Waals surface area contributed by atoms with Gasteiger partial charge in [-0.05, 0) is 31.9 Å². The maximum Gasteiger partial charge on any atom is 0.0589 e. The minimum Gasteiger partial charge on any atom is -0.393 e. The zero-order chi connectivity index (χ0) is 8.97. The number of aliphatic hydroxyl groups is 1. The molecule has 0 aliphatic rings. The largest absolute Gasteiger partial charge is 0.393 e. The summed E-state index contributed by atoms with van der Waals surface area (Å²) < 4.78 is 0. The van der Waals surface area contributed by atoms with Crippen molar-refractivity contribution in [2.75, 3.05) is 0 Å². The van der Waals surface area contributed by atoms with Crippen LogP contribution >= 0.6 is 11.6 Å². The van der Waals surface area contributed by atoms with Crippen molar-refractivity contribution in [1.82, 2.24) is 4.98 Å². The van der Waals surface area contributed by atoms with Gasteiger partial charge in [-0.15, -0.1) is 0 Å². The van der Waals surface area contributed by atoms with Gasteiger partial charge in [0.25, 0.3) is 0 Å². The second kappa shape index (κ2) is 4.43. The molecule has 0 aliphatic carbocycles. The molecule has 1 heterocycles. The smallest absolute Gasteiger partial charge is 0.0589 e. The first-order chi connectivity index (χ1) is 5.68. The van der Waals surface area contributed by atoms with Gasteiger partial charge in [-0.25, -0.2) is 0 Å². The van der Waals surface area contributed by atoms with Crippen molar-refractivity contribution in [1.29, 1.82) is 0 Å². The second-order valence-electron chi connectivity index (χ2n) is 2.86. The molecule has 1 N–H and O–H groups in total. The normalized spacial score (nSPS) is 12.9. The Morgan fingerprint density at radius 3 is 2.83 bits per heavy atom. The SMILES string of the molecule is CC(O)CCc1ccc(Cl)cn1. The molecule has 1 atom stereocenters. The van der Waals surface area contributed by atoms with E-state index >= 15 is 0 Å². The van der Waals surface area contributed by atoms with E-state index in [9.17, 15) is 0 Å². The number of hydrogen-bond donors (Lipinski definition) is 1. The Bertz CT molecular complexity index is 233. The highest BCUT2D eigenvalue weighted by Crippen LogP contribution is 2.08. The van der Waals surface area contributed by atoms with Crippen LogP contribution in [-0.2, 0) is 6.42 Å². The molecule has 1 rings (SSSR count). The second-order valence-corrected chi connectivity index (χ2v) is 3.29.